The van der Waals surface area contributed by atoms with Crippen molar-refractivity contribution in [3.05, 3.63) is 69.6 Å². The van der Waals surface area contributed by atoms with Gasteiger partial charge in [-0.2, -0.15) is 0 Å². The second kappa shape index (κ2) is 5.43. The van der Waals surface area contributed by atoms with Gasteiger partial charge in [-0.15, -0.1) is 0 Å². The zero-order valence-electron chi connectivity index (χ0n) is 9.74. The summed E-state index contributed by atoms with van der Waals surface area (Å²) in [5, 5.41) is 2.39. The Balaban J connectivity index is 2.09. The molecule has 2 rings (SSSR count). The van der Waals surface area contributed by atoms with E-state index in [4.69, 9.17) is 0 Å². The number of hydrogen-bond donors (Lipinski definition) is 2. The van der Waals surface area contributed by atoms with E-state index < -0.39 is 23.1 Å². The van der Waals surface area contributed by atoms with Crippen LogP contribution in [0.5, 0.6) is 0 Å². The molecule has 1 aromatic heterocycles. The molecule has 0 fully saturated rings. The molecule has 0 aliphatic heterocycles. The molecule has 0 aliphatic rings. The molecule has 0 atom stereocenters. The normalized spacial score (nSPS) is 10.2. The fraction of sp³-hybridized carbons (Fsp3) is 0.0769. The minimum Gasteiger partial charge on any atom is -0.348 e. The number of carbonyl (C=O) groups excluding carboxylic acids is 1. The van der Waals surface area contributed by atoms with Crippen molar-refractivity contribution in [3.63, 3.8) is 0 Å². The van der Waals surface area contributed by atoms with Crippen molar-refractivity contribution in [3.8, 4) is 0 Å². The highest BCUT2D eigenvalue weighted by molar-refractivity contribution is 5.93. The lowest BCUT2D eigenvalue weighted by Gasteiger charge is -2.05. The van der Waals surface area contributed by atoms with Crippen molar-refractivity contribution >= 4 is 5.91 Å². The van der Waals surface area contributed by atoms with Crippen LogP contribution in [0.2, 0.25) is 0 Å². The minimum atomic E-state index is -0.748. The van der Waals surface area contributed by atoms with E-state index in [1.807, 2.05) is 0 Å². The van der Waals surface area contributed by atoms with Gasteiger partial charge < -0.3 is 10.3 Å². The van der Waals surface area contributed by atoms with E-state index in [2.05, 4.69) is 10.3 Å². The van der Waals surface area contributed by atoms with Gasteiger partial charge >= 0.3 is 0 Å². The van der Waals surface area contributed by atoms with Gasteiger partial charge in [0.05, 0.1) is 0 Å². The quantitative estimate of drug-likeness (QED) is 0.884. The number of amides is 1. The van der Waals surface area contributed by atoms with Crippen LogP contribution >= 0.6 is 0 Å². The van der Waals surface area contributed by atoms with Crippen molar-refractivity contribution in [1.82, 2.24) is 10.3 Å². The minimum absolute atomic E-state index is 0.0648. The molecule has 1 heterocycles. The average Bonchev–Trinajstić information content (AvgIpc) is 2.38. The second-order valence-corrected chi connectivity index (χ2v) is 3.83. The predicted octanol–water partition coefficient (Wildman–Crippen LogP) is 1.58. The van der Waals surface area contributed by atoms with Crippen molar-refractivity contribution in [1.29, 1.82) is 0 Å². The van der Waals surface area contributed by atoms with Crippen LogP contribution in [-0.4, -0.2) is 10.9 Å². The first-order valence-corrected chi connectivity index (χ1v) is 5.48. The third-order valence-corrected chi connectivity index (χ3v) is 2.52. The molecule has 0 saturated heterocycles. The topological polar surface area (TPSA) is 62.0 Å². The van der Waals surface area contributed by atoms with Gasteiger partial charge in [-0.1, -0.05) is 6.07 Å². The molecule has 2 N–H and O–H groups in total. The highest BCUT2D eigenvalue weighted by atomic mass is 19.1. The monoisotopic (exact) mass is 264 g/mol. The molecule has 0 saturated carbocycles. The number of nitrogens with one attached hydrogen (secondary N) is 2. The third kappa shape index (κ3) is 3.04. The number of aromatic amines is 1. The average molecular weight is 264 g/mol. The smallest absolute Gasteiger partial charge is 0.260 e. The number of rotatable bonds is 3. The molecule has 1 aromatic carbocycles. The highest BCUT2D eigenvalue weighted by Gasteiger charge is 2.10. The standard InChI is InChI=1S/C13H10F2N2O2/c14-9-4-3-8(11(15)6-9)7-17-13(19)10-2-1-5-16-12(10)18/h1-6H,7H2,(H,16,18)(H,17,19). The van der Waals surface area contributed by atoms with Crippen LogP contribution < -0.4 is 10.9 Å². The summed E-state index contributed by atoms with van der Waals surface area (Å²) in [4.78, 5) is 25.4. The lowest BCUT2D eigenvalue weighted by Crippen LogP contribution is -2.29. The molecule has 19 heavy (non-hydrogen) atoms. The van der Waals surface area contributed by atoms with Crippen LogP contribution in [0, 0.1) is 11.6 Å². The van der Waals surface area contributed by atoms with E-state index >= 15 is 0 Å². The number of H-pyrrole nitrogens is 1. The van der Waals surface area contributed by atoms with Crippen molar-refractivity contribution in [2.24, 2.45) is 0 Å². The Hall–Kier alpha value is -2.50. The van der Waals surface area contributed by atoms with Crippen LogP contribution in [0.4, 0.5) is 8.78 Å². The van der Waals surface area contributed by atoms with Crippen LogP contribution in [-0.2, 0) is 6.54 Å². The van der Waals surface area contributed by atoms with E-state index in [-0.39, 0.29) is 17.7 Å². The maximum absolute atomic E-state index is 13.3. The van der Waals surface area contributed by atoms with Gasteiger partial charge in [0.25, 0.3) is 11.5 Å². The van der Waals surface area contributed by atoms with Gasteiger partial charge in [0, 0.05) is 24.4 Å². The van der Waals surface area contributed by atoms with E-state index in [1.165, 1.54) is 24.4 Å². The molecular weight excluding hydrogens is 254 g/mol. The maximum Gasteiger partial charge on any atom is 0.260 e. The zero-order chi connectivity index (χ0) is 13.8. The second-order valence-electron chi connectivity index (χ2n) is 3.83. The predicted molar refractivity (Wildman–Crippen MR) is 64.6 cm³/mol. The summed E-state index contributed by atoms with van der Waals surface area (Å²) in [6.07, 6.45) is 1.40. The van der Waals surface area contributed by atoms with Crippen LogP contribution in [0.15, 0.2) is 41.3 Å². The lowest BCUT2D eigenvalue weighted by molar-refractivity contribution is 0.0949. The van der Waals surface area contributed by atoms with E-state index in [0.717, 1.165) is 12.1 Å². The van der Waals surface area contributed by atoms with Gasteiger partial charge in [-0.25, -0.2) is 8.78 Å². The van der Waals surface area contributed by atoms with E-state index in [1.54, 1.807) is 0 Å². The van der Waals surface area contributed by atoms with Crippen LogP contribution in [0.1, 0.15) is 15.9 Å². The lowest BCUT2D eigenvalue weighted by atomic mass is 10.2. The summed E-state index contributed by atoms with van der Waals surface area (Å²) in [6, 6.07) is 5.93. The molecule has 0 radical (unpaired) electrons. The van der Waals surface area contributed by atoms with Crippen molar-refractivity contribution in [2.45, 2.75) is 6.54 Å². The molecule has 1 amide bonds. The summed E-state index contributed by atoms with van der Waals surface area (Å²) in [6.45, 7) is -0.126. The molecule has 4 nitrogen and oxygen atoms in total. The Bertz CT molecular complexity index is 668. The SMILES string of the molecule is O=C(NCc1ccc(F)cc1F)c1ccc[nH]c1=O. The van der Waals surface area contributed by atoms with Crippen LogP contribution in [0.3, 0.4) is 0 Å². The first-order chi connectivity index (χ1) is 9.08. The molecule has 0 bridgehead atoms. The molecular formula is C13H10F2N2O2. The Labute approximate surface area is 107 Å². The Kier molecular flexibility index (Phi) is 3.70. The Morgan fingerprint density at radius 3 is 2.74 bits per heavy atom. The van der Waals surface area contributed by atoms with E-state index in [0.29, 0.717) is 0 Å². The summed E-state index contributed by atoms with van der Waals surface area (Å²) in [7, 11) is 0. The zero-order valence-corrected chi connectivity index (χ0v) is 9.74. The van der Waals surface area contributed by atoms with Gasteiger partial charge in [0.15, 0.2) is 0 Å². The summed E-state index contributed by atoms with van der Waals surface area (Å²) >= 11 is 0. The number of hydrogen-bond acceptors (Lipinski definition) is 2. The van der Waals surface area contributed by atoms with Gasteiger partial charge in [-0.3, -0.25) is 9.59 Å². The van der Waals surface area contributed by atoms with Gasteiger partial charge in [0.1, 0.15) is 17.2 Å². The highest BCUT2D eigenvalue weighted by Crippen LogP contribution is 2.09. The molecule has 0 aliphatic carbocycles. The number of halogens is 2. The number of pyridine rings is 1. The molecule has 2 aromatic rings. The van der Waals surface area contributed by atoms with Gasteiger partial charge in [-0.05, 0) is 18.2 Å². The Morgan fingerprint density at radius 1 is 1.26 bits per heavy atom. The molecule has 0 spiro atoms. The number of aromatic nitrogens is 1. The Morgan fingerprint density at radius 2 is 2.05 bits per heavy atom. The van der Waals surface area contributed by atoms with E-state index in [9.17, 15) is 18.4 Å². The first kappa shape index (κ1) is 12.9. The summed E-state index contributed by atoms with van der Waals surface area (Å²) in [5.74, 6) is -2.06. The largest absolute Gasteiger partial charge is 0.348 e. The van der Waals surface area contributed by atoms with Crippen molar-refractivity contribution in [2.75, 3.05) is 0 Å². The maximum atomic E-state index is 13.3. The molecule has 0 unspecified atom stereocenters. The van der Waals surface area contributed by atoms with Crippen LogP contribution in [0.25, 0.3) is 0 Å². The van der Waals surface area contributed by atoms with Gasteiger partial charge in [0.2, 0.25) is 0 Å². The fourth-order valence-corrected chi connectivity index (χ4v) is 1.54. The summed E-state index contributed by atoms with van der Waals surface area (Å²) in [5.41, 5.74) is -0.452. The number of carbonyl (C=O) groups is 1. The van der Waals surface area contributed by atoms with Crippen molar-refractivity contribution < 1.29 is 13.6 Å². The fourth-order valence-electron chi connectivity index (χ4n) is 1.54. The first-order valence-electron chi connectivity index (χ1n) is 5.48. The third-order valence-electron chi connectivity index (χ3n) is 2.52. The molecule has 6 heteroatoms. The summed E-state index contributed by atoms with van der Waals surface area (Å²) < 4.78 is 26.0. The number of benzene rings is 1. The molecule has 98 valence electrons.